The fourth-order valence-corrected chi connectivity index (χ4v) is 2.49. The van der Waals surface area contributed by atoms with E-state index in [1.54, 1.807) is 20.8 Å². The lowest BCUT2D eigenvalue weighted by molar-refractivity contribution is -0.150. The van der Waals surface area contributed by atoms with Gasteiger partial charge in [0, 0.05) is 6.54 Å². The van der Waals surface area contributed by atoms with E-state index in [0.717, 1.165) is 0 Å². The van der Waals surface area contributed by atoms with E-state index in [1.165, 1.54) is 17.0 Å². The van der Waals surface area contributed by atoms with Crippen LogP contribution < -0.4 is 4.90 Å². The van der Waals surface area contributed by atoms with Crippen molar-refractivity contribution >= 4 is 23.7 Å². The second-order valence-corrected chi connectivity index (χ2v) is 6.55. The highest BCUT2D eigenvalue weighted by Gasteiger charge is 2.32. The van der Waals surface area contributed by atoms with Crippen LogP contribution in [0.15, 0.2) is 12.1 Å². The first-order valence-corrected chi connectivity index (χ1v) is 7.56. The molecule has 0 unspecified atom stereocenters. The molecule has 1 aliphatic rings. The van der Waals surface area contributed by atoms with E-state index in [4.69, 9.17) is 14.9 Å². The lowest BCUT2D eigenvalue weighted by Gasteiger charge is -2.31. The summed E-state index contributed by atoms with van der Waals surface area (Å²) in [4.78, 5) is 40.2. The number of aryl methyl sites for hydroxylation is 1. The van der Waals surface area contributed by atoms with Gasteiger partial charge in [0.25, 0.3) is 0 Å². The van der Waals surface area contributed by atoms with Gasteiger partial charge in [-0.25, -0.2) is 4.79 Å². The van der Waals surface area contributed by atoms with Gasteiger partial charge >= 0.3 is 18.0 Å². The minimum Gasteiger partial charge on any atom is -0.480 e. The zero-order chi connectivity index (χ0) is 18.1. The van der Waals surface area contributed by atoms with Crippen LogP contribution in [0, 0.1) is 0 Å². The standard InChI is InChI=1S/C16H20N2O6/c1-16(2,3)24-15(23)18-8-4-5-9-11(18)7-6-10(17-9)12(13(19)20)14(21)22/h6-7,12H,4-5,8H2,1-3H3,(H,19,20)(H,21,22). The van der Waals surface area contributed by atoms with Crippen LogP contribution in [0.4, 0.5) is 10.5 Å². The number of amides is 1. The summed E-state index contributed by atoms with van der Waals surface area (Å²) in [5.41, 5.74) is 0.324. The maximum Gasteiger partial charge on any atom is 0.414 e. The third kappa shape index (κ3) is 3.81. The molecule has 8 nitrogen and oxygen atoms in total. The Morgan fingerprint density at radius 2 is 1.83 bits per heavy atom. The molecule has 8 heteroatoms. The number of pyridine rings is 1. The SMILES string of the molecule is CC(C)(C)OC(=O)N1CCCc2nc(C(C(=O)O)C(=O)O)ccc21. The Bertz CT molecular complexity index is 666. The summed E-state index contributed by atoms with van der Waals surface area (Å²) in [6.07, 6.45) is 0.660. The largest absolute Gasteiger partial charge is 0.480 e. The summed E-state index contributed by atoms with van der Waals surface area (Å²) < 4.78 is 5.36. The molecule has 0 aliphatic carbocycles. The number of fused-ring (bicyclic) bond motifs is 1. The number of anilines is 1. The Morgan fingerprint density at radius 3 is 2.38 bits per heavy atom. The zero-order valence-electron chi connectivity index (χ0n) is 13.8. The Balaban J connectivity index is 2.34. The maximum atomic E-state index is 12.3. The number of hydrogen-bond acceptors (Lipinski definition) is 5. The summed E-state index contributed by atoms with van der Waals surface area (Å²) in [6.45, 7) is 5.76. The van der Waals surface area contributed by atoms with Crippen molar-refractivity contribution in [2.45, 2.75) is 45.1 Å². The van der Waals surface area contributed by atoms with E-state index in [2.05, 4.69) is 4.98 Å². The molecule has 24 heavy (non-hydrogen) atoms. The average Bonchev–Trinajstić information content (AvgIpc) is 2.43. The highest BCUT2D eigenvalue weighted by molar-refractivity contribution is 5.98. The molecular formula is C16H20N2O6. The second-order valence-electron chi connectivity index (χ2n) is 6.55. The third-order valence-electron chi connectivity index (χ3n) is 3.46. The van der Waals surface area contributed by atoms with E-state index in [9.17, 15) is 14.4 Å². The van der Waals surface area contributed by atoms with Crippen LogP contribution in [0.5, 0.6) is 0 Å². The molecule has 1 amide bonds. The van der Waals surface area contributed by atoms with E-state index in [-0.39, 0.29) is 5.69 Å². The Morgan fingerprint density at radius 1 is 1.21 bits per heavy atom. The molecule has 0 saturated heterocycles. The summed E-state index contributed by atoms with van der Waals surface area (Å²) >= 11 is 0. The quantitative estimate of drug-likeness (QED) is 0.811. The highest BCUT2D eigenvalue weighted by Crippen LogP contribution is 2.29. The third-order valence-corrected chi connectivity index (χ3v) is 3.46. The van der Waals surface area contributed by atoms with E-state index < -0.39 is 29.6 Å². The fraction of sp³-hybridized carbons (Fsp3) is 0.500. The van der Waals surface area contributed by atoms with Gasteiger partial charge in [0.1, 0.15) is 5.60 Å². The minimum absolute atomic E-state index is 0.0558. The molecule has 2 rings (SSSR count). The molecule has 2 heterocycles. The number of carbonyl (C=O) groups is 3. The molecule has 0 atom stereocenters. The van der Waals surface area contributed by atoms with Crippen molar-refractivity contribution in [3.8, 4) is 0 Å². The van der Waals surface area contributed by atoms with Gasteiger partial charge in [-0.3, -0.25) is 19.5 Å². The number of rotatable bonds is 3. The molecule has 0 saturated carbocycles. The molecule has 0 spiro atoms. The van der Waals surface area contributed by atoms with Crippen molar-refractivity contribution in [2.24, 2.45) is 0 Å². The van der Waals surface area contributed by atoms with E-state index in [1.807, 2.05) is 0 Å². The normalized spacial score (nSPS) is 14.2. The average molecular weight is 336 g/mol. The first kappa shape index (κ1) is 17.7. The first-order chi connectivity index (χ1) is 11.1. The molecular weight excluding hydrogens is 316 g/mol. The van der Waals surface area contributed by atoms with Crippen molar-refractivity contribution in [1.82, 2.24) is 4.98 Å². The van der Waals surface area contributed by atoms with Crippen LogP contribution in [0.3, 0.4) is 0 Å². The number of nitrogens with zero attached hydrogens (tertiary/aromatic N) is 2. The topological polar surface area (TPSA) is 117 Å². The minimum atomic E-state index is -1.73. The predicted molar refractivity (Wildman–Crippen MR) is 84.2 cm³/mol. The number of ether oxygens (including phenoxy) is 1. The lowest BCUT2D eigenvalue weighted by atomic mass is 10.0. The van der Waals surface area contributed by atoms with Gasteiger partial charge in [0.05, 0.1) is 17.1 Å². The van der Waals surface area contributed by atoms with Gasteiger partial charge < -0.3 is 14.9 Å². The number of hydrogen-bond donors (Lipinski definition) is 2. The summed E-state index contributed by atoms with van der Waals surface area (Å²) in [5.74, 6) is -4.68. The van der Waals surface area contributed by atoms with Crippen LogP contribution in [0.1, 0.15) is 44.5 Å². The number of carboxylic acids is 2. The van der Waals surface area contributed by atoms with Crippen molar-refractivity contribution in [2.75, 3.05) is 11.4 Å². The van der Waals surface area contributed by atoms with Gasteiger partial charge in [-0.15, -0.1) is 0 Å². The van der Waals surface area contributed by atoms with Gasteiger partial charge in [-0.2, -0.15) is 0 Å². The van der Waals surface area contributed by atoms with Crippen LogP contribution in [-0.2, 0) is 20.7 Å². The molecule has 1 aromatic heterocycles. The Hall–Kier alpha value is -2.64. The highest BCUT2D eigenvalue weighted by atomic mass is 16.6. The van der Waals surface area contributed by atoms with Crippen LogP contribution >= 0.6 is 0 Å². The molecule has 0 fully saturated rings. The summed E-state index contributed by atoms with van der Waals surface area (Å²) in [5, 5.41) is 18.1. The molecule has 0 aromatic carbocycles. The number of aromatic nitrogens is 1. The maximum absolute atomic E-state index is 12.3. The second kappa shape index (κ2) is 6.46. The predicted octanol–water partition coefficient (Wildman–Crippen LogP) is 2.02. The van der Waals surface area contributed by atoms with Crippen LogP contribution in [0.2, 0.25) is 0 Å². The number of aliphatic carboxylic acids is 2. The van der Waals surface area contributed by atoms with E-state index >= 15 is 0 Å². The Labute approximate surface area is 139 Å². The van der Waals surface area contributed by atoms with Crippen molar-refractivity contribution in [3.05, 3.63) is 23.5 Å². The van der Waals surface area contributed by atoms with Crippen molar-refractivity contribution in [1.29, 1.82) is 0 Å². The molecule has 0 radical (unpaired) electrons. The molecule has 1 aliphatic heterocycles. The zero-order valence-corrected chi connectivity index (χ0v) is 13.8. The van der Waals surface area contributed by atoms with Gasteiger partial charge in [-0.05, 0) is 45.7 Å². The monoisotopic (exact) mass is 336 g/mol. The molecule has 0 bridgehead atoms. The van der Waals surface area contributed by atoms with Crippen LogP contribution in [0.25, 0.3) is 0 Å². The Kier molecular flexibility index (Phi) is 4.77. The van der Waals surface area contributed by atoms with Gasteiger partial charge in [0.15, 0.2) is 5.92 Å². The summed E-state index contributed by atoms with van der Waals surface area (Å²) in [6, 6.07) is 2.86. The lowest BCUT2D eigenvalue weighted by Crippen LogP contribution is -2.40. The van der Waals surface area contributed by atoms with Gasteiger partial charge in [-0.1, -0.05) is 0 Å². The summed E-state index contributed by atoms with van der Waals surface area (Å²) in [7, 11) is 0. The van der Waals surface area contributed by atoms with Crippen molar-refractivity contribution < 1.29 is 29.3 Å². The number of carboxylic acid groups (broad SMARTS) is 2. The van der Waals surface area contributed by atoms with Crippen LogP contribution in [-0.4, -0.2) is 45.4 Å². The van der Waals surface area contributed by atoms with Crippen molar-refractivity contribution in [3.63, 3.8) is 0 Å². The fourth-order valence-electron chi connectivity index (χ4n) is 2.49. The smallest absolute Gasteiger partial charge is 0.414 e. The van der Waals surface area contributed by atoms with Gasteiger partial charge in [0.2, 0.25) is 0 Å². The van der Waals surface area contributed by atoms with E-state index in [0.29, 0.717) is 30.8 Å². The molecule has 2 N–H and O–H groups in total. The molecule has 1 aromatic rings. The number of carbonyl (C=O) groups excluding carboxylic acids is 1. The first-order valence-electron chi connectivity index (χ1n) is 7.56. The molecule has 130 valence electrons.